The number of amides is 2. The van der Waals surface area contributed by atoms with Crippen LogP contribution in [0.15, 0.2) is 48.8 Å². The predicted molar refractivity (Wildman–Crippen MR) is 103 cm³/mol. The third kappa shape index (κ3) is 4.44. The zero-order chi connectivity index (χ0) is 18.4. The maximum Gasteiger partial charge on any atom is 0.265 e. The molecule has 3 rings (SSSR count). The highest BCUT2D eigenvalue weighted by Gasteiger charge is 2.10. The molecule has 0 atom stereocenters. The van der Waals surface area contributed by atoms with Crippen molar-refractivity contribution in [2.45, 2.75) is 19.9 Å². The number of hydrogen-bond donors (Lipinski definition) is 3. The molecule has 0 unspecified atom stereocenters. The third-order valence-electron chi connectivity index (χ3n) is 3.79. The zero-order valence-electron chi connectivity index (χ0n) is 14.4. The molecule has 0 bridgehead atoms. The number of pyridine rings is 1. The molecule has 6 nitrogen and oxygen atoms in total. The quantitative estimate of drug-likeness (QED) is 0.442. The topological polar surface area (TPSA) is 83.1 Å². The van der Waals surface area contributed by atoms with Crippen molar-refractivity contribution >= 4 is 33.2 Å². The molecule has 7 heteroatoms. The lowest BCUT2D eigenvalue weighted by Crippen LogP contribution is -2.37. The van der Waals surface area contributed by atoms with Gasteiger partial charge in [0.15, 0.2) is 0 Å². The molecule has 0 aliphatic heterocycles. The van der Waals surface area contributed by atoms with Crippen LogP contribution in [0.3, 0.4) is 0 Å². The summed E-state index contributed by atoms with van der Waals surface area (Å²) in [6.45, 7) is 3.16. The number of thiophene rings is 1. The summed E-state index contributed by atoms with van der Waals surface area (Å²) in [6.07, 6.45) is 4.41. The van der Waals surface area contributed by atoms with E-state index in [4.69, 9.17) is 0 Å². The number of nitrogens with zero attached hydrogens (tertiary/aromatic N) is 1. The van der Waals surface area contributed by atoms with Gasteiger partial charge >= 0.3 is 0 Å². The van der Waals surface area contributed by atoms with Crippen LogP contribution in [-0.2, 0) is 6.54 Å². The SMILES string of the molecule is CCCNNC(=O)c1ccc(CNC(=O)c2cc3cnccc3s2)cc1. The summed E-state index contributed by atoms with van der Waals surface area (Å²) in [4.78, 5) is 29.0. The fourth-order valence-corrected chi connectivity index (χ4v) is 3.33. The van der Waals surface area contributed by atoms with E-state index in [-0.39, 0.29) is 11.8 Å². The molecule has 26 heavy (non-hydrogen) atoms. The summed E-state index contributed by atoms with van der Waals surface area (Å²) in [5.74, 6) is -0.287. The lowest BCUT2D eigenvalue weighted by Gasteiger charge is -2.07. The average molecular weight is 368 g/mol. The van der Waals surface area contributed by atoms with Crippen LogP contribution in [0.2, 0.25) is 0 Å². The molecular formula is C19H20N4O2S. The number of nitrogens with one attached hydrogen (secondary N) is 3. The summed E-state index contributed by atoms with van der Waals surface area (Å²) >= 11 is 1.44. The van der Waals surface area contributed by atoms with Gasteiger partial charge in [-0.2, -0.15) is 0 Å². The highest BCUT2D eigenvalue weighted by atomic mass is 32.1. The minimum absolute atomic E-state index is 0.114. The fraction of sp³-hybridized carbons (Fsp3) is 0.211. The molecule has 0 radical (unpaired) electrons. The Labute approximate surface area is 155 Å². The molecule has 0 saturated carbocycles. The Morgan fingerprint density at radius 2 is 1.92 bits per heavy atom. The van der Waals surface area contributed by atoms with E-state index in [1.54, 1.807) is 24.5 Å². The third-order valence-corrected chi connectivity index (χ3v) is 4.90. The van der Waals surface area contributed by atoms with E-state index in [2.05, 4.69) is 21.2 Å². The van der Waals surface area contributed by atoms with Crippen molar-refractivity contribution in [3.05, 3.63) is 64.8 Å². The molecule has 2 heterocycles. The summed E-state index contributed by atoms with van der Waals surface area (Å²) in [6, 6.07) is 10.9. The van der Waals surface area contributed by atoms with Crippen LogP contribution in [0.25, 0.3) is 10.1 Å². The largest absolute Gasteiger partial charge is 0.347 e. The monoisotopic (exact) mass is 368 g/mol. The Hall–Kier alpha value is -2.77. The van der Waals surface area contributed by atoms with Gasteiger partial charge < -0.3 is 5.32 Å². The lowest BCUT2D eigenvalue weighted by atomic mass is 10.1. The van der Waals surface area contributed by atoms with Crippen molar-refractivity contribution in [2.24, 2.45) is 0 Å². The van der Waals surface area contributed by atoms with E-state index < -0.39 is 0 Å². The number of aromatic nitrogens is 1. The fourth-order valence-electron chi connectivity index (χ4n) is 2.38. The van der Waals surface area contributed by atoms with Crippen LogP contribution < -0.4 is 16.2 Å². The molecule has 0 saturated heterocycles. The van der Waals surface area contributed by atoms with Gasteiger partial charge in [0, 0.05) is 41.1 Å². The number of benzene rings is 1. The van der Waals surface area contributed by atoms with Gasteiger partial charge in [-0.1, -0.05) is 19.1 Å². The van der Waals surface area contributed by atoms with Crippen LogP contribution in [0.4, 0.5) is 0 Å². The van der Waals surface area contributed by atoms with Crippen molar-refractivity contribution in [3.63, 3.8) is 0 Å². The maximum absolute atomic E-state index is 12.3. The molecule has 134 valence electrons. The number of carbonyl (C=O) groups excluding carboxylic acids is 2. The molecule has 3 aromatic rings. The lowest BCUT2D eigenvalue weighted by molar-refractivity contribution is 0.0930. The van der Waals surface area contributed by atoms with Crippen molar-refractivity contribution in [1.29, 1.82) is 0 Å². The molecule has 3 N–H and O–H groups in total. The summed E-state index contributed by atoms with van der Waals surface area (Å²) in [7, 11) is 0. The highest BCUT2D eigenvalue weighted by molar-refractivity contribution is 7.20. The van der Waals surface area contributed by atoms with Crippen molar-refractivity contribution in [3.8, 4) is 0 Å². The van der Waals surface area contributed by atoms with Gasteiger partial charge in [0.25, 0.3) is 11.8 Å². The first-order chi connectivity index (χ1) is 12.7. The molecule has 0 spiro atoms. The maximum atomic E-state index is 12.3. The standard InChI is InChI=1S/C19H20N4O2S/c1-2-8-22-23-18(24)14-5-3-13(4-6-14)11-21-19(25)17-10-15-12-20-9-7-16(15)26-17/h3-7,9-10,12,22H,2,8,11H2,1H3,(H,21,25)(H,23,24). The van der Waals surface area contributed by atoms with Crippen LogP contribution >= 0.6 is 11.3 Å². The minimum atomic E-state index is -0.173. The van der Waals surface area contributed by atoms with E-state index in [0.29, 0.717) is 17.0 Å². The number of carbonyl (C=O) groups is 2. The normalized spacial score (nSPS) is 10.7. The van der Waals surface area contributed by atoms with Gasteiger partial charge in [-0.3, -0.25) is 20.0 Å². The Morgan fingerprint density at radius 1 is 1.12 bits per heavy atom. The zero-order valence-corrected chi connectivity index (χ0v) is 15.2. The van der Waals surface area contributed by atoms with Crippen LogP contribution in [0, 0.1) is 0 Å². The second-order valence-corrected chi connectivity index (χ2v) is 6.87. The van der Waals surface area contributed by atoms with Crippen LogP contribution in [-0.4, -0.2) is 23.3 Å². The minimum Gasteiger partial charge on any atom is -0.347 e. The average Bonchev–Trinajstić information content (AvgIpc) is 3.11. The van der Waals surface area contributed by atoms with Crippen molar-refractivity contribution in [2.75, 3.05) is 6.54 Å². The van der Waals surface area contributed by atoms with Gasteiger partial charge in [0.1, 0.15) is 0 Å². The van der Waals surface area contributed by atoms with E-state index in [1.807, 2.05) is 31.2 Å². The number of rotatable bonds is 7. The van der Waals surface area contributed by atoms with Gasteiger partial charge in [0.05, 0.1) is 4.88 Å². The van der Waals surface area contributed by atoms with E-state index >= 15 is 0 Å². The Balaban J connectivity index is 1.55. The molecule has 2 amide bonds. The summed E-state index contributed by atoms with van der Waals surface area (Å²) in [5, 5.41) is 3.87. The number of fused-ring (bicyclic) bond motifs is 1. The predicted octanol–water partition coefficient (Wildman–Crippen LogP) is 2.87. The highest BCUT2D eigenvalue weighted by Crippen LogP contribution is 2.24. The second kappa shape index (κ2) is 8.55. The second-order valence-electron chi connectivity index (χ2n) is 5.78. The van der Waals surface area contributed by atoms with Crippen molar-refractivity contribution < 1.29 is 9.59 Å². The molecular weight excluding hydrogens is 348 g/mol. The molecule has 0 aliphatic carbocycles. The molecule has 1 aromatic carbocycles. The first-order valence-corrected chi connectivity index (χ1v) is 9.23. The Morgan fingerprint density at radius 3 is 2.65 bits per heavy atom. The molecule has 0 aliphatic rings. The van der Waals surface area contributed by atoms with E-state index in [9.17, 15) is 9.59 Å². The Kier molecular flexibility index (Phi) is 5.93. The van der Waals surface area contributed by atoms with Gasteiger partial charge in [-0.25, -0.2) is 5.43 Å². The smallest absolute Gasteiger partial charge is 0.265 e. The van der Waals surface area contributed by atoms with Gasteiger partial charge in [0.2, 0.25) is 0 Å². The van der Waals surface area contributed by atoms with Gasteiger partial charge in [-0.05, 0) is 36.2 Å². The van der Waals surface area contributed by atoms with E-state index in [0.717, 1.165) is 28.6 Å². The number of hydrogen-bond acceptors (Lipinski definition) is 5. The summed E-state index contributed by atoms with van der Waals surface area (Å²) in [5.41, 5.74) is 7.00. The van der Waals surface area contributed by atoms with Crippen LogP contribution in [0.1, 0.15) is 38.9 Å². The van der Waals surface area contributed by atoms with Crippen LogP contribution in [0.5, 0.6) is 0 Å². The Bertz CT molecular complexity index is 872. The molecule has 0 fully saturated rings. The first-order valence-electron chi connectivity index (χ1n) is 8.41. The number of hydrazine groups is 1. The van der Waals surface area contributed by atoms with Crippen molar-refractivity contribution in [1.82, 2.24) is 21.2 Å². The van der Waals surface area contributed by atoms with Gasteiger partial charge in [-0.15, -0.1) is 11.3 Å². The molecule has 2 aromatic heterocycles. The first kappa shape index (κ1) is 18.0. The van der Waals surface area contributed by atoms with E-state index in [1.165, 1.54) is 11.3 Å². The summed E-state index contributed by atoms with van der Waals surface area (Å²) < 4.78 is 1.04.